The highest BCUT2D eigenvalue weighted by molar-refractivity contribution is 6.00. The molecule has 146 valence electrons. The highest BCUT2D eigenvalue weighted by atomic mass is 16.2. The summed E-state index contributed by atoms with van der Waals surface area (Å²) in [5.74, 6) is 0.649. The van der Waals surface area contributed by atoms with E-state index in [2.05, 4.69) is 17.0 Å². The lowest BCUT2D eigenvalue weighted by molar-refractivity contribution is -0.131. The zero-order chi connectivity index (χ0) is 19.0. The normalized spacial score (nSPS) is 31.7. The van der Waals surface area contributed by atoms with Gasteiger partial charge in [0.2, 0.25) is 0 Å². The molecule has 2 aliphatic heterocycles. The Hall–Kier alpha value is -1.52. The number of Topliss-reactive ketones (excluding diaryl/α,β-unsaturated/α-hetero) is 1. The van der Waals surface area contributed by atoms with Crippen molar-refractivity contribution in [2.75, 3.05) is 26.2 Å². The van der Waals surface area contributed by atoms with Crippen LogP contribution < -0.4 is 4.48 Å². The second-order valence-corrected chi connectivity index (χ2v) is 8.91. The standard InChI is InChI=1S/C23H33N2O2/c1-17-8-9-19-15-20(10-11-22(19)23(17)27)25(18(2)26)14-6-3-7-21(25)16-24-12-4-5-13-24/h10-11,15,17,21H,3-9,12-14,16H2,1-2H3/q+1/t17-,21?,25?/m0/s1. The van der Waals surface area contributed by atoms with Crippen molar-refractivity contribution < 1.29 is 9.59 Å². The maximum Gasteiger partial charge on any atom is 0.315 e. The molecule has 0 bridgehead atoms. The number of hydrogen-bond donors (Lipinski definition) is 0. The van der Waals surface area contributed by atoms with Crippen molar-refractivity contribution >= 4 is 17.4 Å². The lowest BCUT2D eigenvalue weighted by atomic mass is 9.83. The molecule has 2 saturated heterocycles. The van der Waals surface area contributed by atoms with E-state index in [1.54, 1.807) is 6.92 Å². The first-order valence-electron chi connectivity index (χ1n) is 10.8. The van der Waals surface area contributed by atoms with E-state index in [9.17, 15) is 9.59 Å². The van der Waals surface area contributed by atoms with Gasteiger partial charge in [0, 0.05) is 30.0 Å². The maximum absolute atomic E-state index is 13.1. The number of carbonyl (C=O) groups excluding carboxylic acids is 2. The molecule has 0 aromatic heterocycles. The van der Waals surface area contributed by atoms with Gasteiger partial charge in [0.25, 0.3) is 0 Å². The number of ketones is 1. The quantitative estimate of drug-likeness (QED) is 0.757. The van der Waals surface area contributed by atoms with Gasteiger partial charge in [-0.3, -0.25) is 9.69 Å². The van der Waals surface area contributed by atoms with E-state index in [1.807, 2.05) is 13.0 Å². The van der Waals surface area contributed by atoms with Gasteiger partial charge in [0.05, 0.1) is 20.0 Å². The minimum absolute atomic E-state index is 0.122. The van der Waals surface area contributed by atoms with Crippen LogP contribution in [-0.2, 0) is 11.2 Å². The average molecular weight is 370 g/mol. The molecule has 3 atom stereocenters. The van der Waals surface area contributed by atoms with Gasteiger partial charge in [-0.2, -0.15) is 0 Å². The topological polar surface area (TPSA) is 37.4 Å². The van der Waals surface area contributed by atoms with Crippen LogP contribution in [0, 0.1) is 5.92 Å². The third-order valence-electron chi connectivity index (χ3n) is 7.26. The van der Waals surface area contributed by atoms with Crippen LogP contribution in [0.4, 0.5) is 5.69 Å². The van der Waals surface area contributed by atoms with E-state index in [0.29, 0.717) is 10.5 Å². The zero-order valence-electron chi connectivity index (χ0n) is 16.9. The Morgan fingerprint density at radius 2 is 1.93 bits per heavy atom. The minimum Gasteiger partial charge on any atom is -0.298 e. The molecule has 4 heteroatoms. The van der Waals surface area contributed by atoms with Gasteiger partial charge >= 0.3 is 5.91 Å². The van der Waals surface area contributed by atoms with Crippen LogP contribution in [0.15, 0.2) is 18.2 Å². The van der Waals surface area contributed by atoms with Gasteiger partial charge in [-0.1, -0.05) is 6.92 Å². The summed E-state index contributed by atoms with van der Waals surface area (Å²) in [5.41, 5.74) is 3.15. The lowest BCUT2D eigenvalue weighted by Crippen LogP contribution is -2.65. The van der Waals surface area contributed by atoms with Crippen LogP contribution in [-0.4, -0.2) is 48.8 Å². The number of nitrogens with zero attached hydrogens (tertiary/aromatic N) is 2. The molecule has 4 rings (SSSR count). The van der Waals surface area contributed by atoms with Gasteiger partial charge in [0.1, 0.15) is 11.7 Å². The number of carbonyl (C=O) groups is 2. The van der Waals surface area contributed by atoms with E-state index in [4.69, 9.17) is 0 Å². The SMILES string of the molecule is CC(=O)[N+]1(c2ccc3c(c2)CC[C@H](C)C3=O)CCCCC1CN1CCCC1. The van der Waals surface area contributed by atoms with E-state index < -0.39 is 0 Å². The van der Waals surface area contributed by atoms with Crippen molar-refractivity contribution in [3.63, 3.8) is 0 Å². The fraction of sp³-hybridized carbons (Fsp3) is 0.652. The van der Waals surface area contributed by atoms with Gasteiger partial charge < -0.3 is 0 Å². The average Bonchev–Trinajstić information content (AvgIpc) is 3.18. The Morgan fingerprint density at radius 1 is 1.15 bits per heavy atom. The van der Waals surface area contributed by atoms with E-state index in [-0.39, 0.29) is 17.6 Å². The van der Waals surface area contributed by atoms with Crippen molar-refractivity contribution in [2.45, 2.75) is 64.8 Å². The fourth-order valence-corrected chi connectivity index (χ4v) is 5.62. The zero-order valence-corrected chi connectivity index (χ0v) is 16.9. The summed E-state index contributed by atoms with van der Waals surface area (Å²) >= 11 is 0. The number of hydrogen-bond acceptors (Lipinski definition) is 3. The minimum atomic E-state index is 0.122. The second-order valence-electron chi connectivity index (χ2n) is 8.91. The summed E-state index contributed by atoms with van der Waals surface area (Å²) in [5, 5.41) is 0. The summed E-state index contributed by atoms with van der Waals surface area (Å²) in [6.45, 7) is 8.06. The number of likely N-dealkylation sites (tertiary alicyclic amines) is 2. The highest BCUT2D eigenvalue weighted by Gasteiger charge is 2.47. The number of quaternary nitrogens is 1. The third-order valence-corrected chi connectivity index (χ3v) is 7.26. The smallest absolute Gasteiger partial charge is 0.298 e. The molecule has 2 fully saturated rings. The Morgan fingerprint density at radius 3 is 2.67 bits per heavy atom. The molecule has 1 aromatic carbocycles. The monoisotopic (exact) mass is 369 g/mol. The molecule has 0 saturated carbocycles. The molecule has 27 heavy (non-hydrogen) atoms. The summed E-state index contributed by atoms with van der Waals surface area (Å²) < 4.78 is 0.480. The second kappa shape index (κ2) is 7.48. The number of rotatable bonds is 3. The Bertz CT molecular complexity index is 738. The van der Waals surface area contributed by atoms with Crippen LogP contribution >= 0.6 is 0 Å². The molecule has 3 aliphatic rings. The van der Waals surface area contributed by atoms with E-state index in [1.165, 1.54) is 32.4 Å². The summed E-state index contributed by atoms with van der Waals surface area (Å²) in [7, 11) is 0. The molecule has 2 unspecified atom stereocenters. The first-order valence-corrected chi connectivity index (χ1v) is 10.8. The van der Waals surface area contributed by atoms with Gasteiger partial charge in [-0.25, -0.2) is 9.28 Å². The van der Waals surface area contributed by atoms with Crippen LogP contribution in [0.5, 0.6) is 0 Å². The van der Waals surface area contributed by atoms with Crippen LogP contribution in [0.2, 0.25) is 0 Å². The predicted octanol–water partition coefficient (Wildman–Crippen LogP) is 3.95. The summed E-state index contributed by atoms with van der Waals surface area (Å²) in [6.07, 6.45) is 7.87. The molecular weight excluding hydrogens is 336 g/mol. The van der Waals surface area contributed by atoms with Crippen LogP contribution in [0.25, 0.3) is 0 Å². The number of amides is 1. The van der Waals surface area contributed by atoms with Gasteiger partial charge in [-0.05, 0) is 63.2 Å². The molecule has 1 aliphatic carbocycles. The Kier molecular flexibility index (Phi) is 5.21. The van der Waals surface area contributed by atoms with Crippen molar-refractivity contribution in [1.82, 2.24) is 9.38 Å². The maximum atomic E-state index is 13.1. The predicted molar refractivity (Wildman–Crippen MR) is 109 cm³/mol. The molecule has 1 aromatic rings. The molecular formula is C23H33N2O2+. The summed E-state index contributed by atoms with van der Waals surface area (Å²) in [4.78, 5) is 28.2. The van der Waals surface area contributed by atoms with Crippen molar-refractivity contribution in [3.8, 4) is 0 Å². The van der Waals surface area contributed by atoms with E-state index >= 15 is 0 Å². The van der Waals surface area contributed by atoms with Gasteiger partial charge in [-0.15, -0.1) is 0 Å². The number of benzene rings is 1. The molecule has 0 spiro atoms. The van der Waals surface area contributed by atoms with Gasteiger partial charge in [0.15, 0.2) is 5.78 Å². The molecule has 1 amide bonds. The fourth-order valence-electron chi connectivity index (χ4n) is 5.62. The van der Waals surface area contributed by atoms with Crippen molar-refractivity contribution in [1.29, 1.82) is 0 Å². The number of aryl methyl sites for hydroxylation is 1. The van der Waals surface area contributed by atoms with Crippen LogP contribution in [0.1, 0.15) is 68.3 Å². The Balaban J connectivity index is 1.72. The molecule has 2 heterocycles. The first kappa shape index (κ1) is 18.8. The van der Waals surface area contributed by atoms with Crippen molar-refractivity contribution in [2.24, 2.45) is 5.92 Å². The highest BCUT2D eigenvalue weighted by Crippen LogP contribution is 2.37. The van der Waals surface area contributed by atoms with E-state index in [0.717, 1.165) is 55.6 Å². The van der Waals surface area contributed by atoms with Crippen molar-refractivity contribution in [3.05, 3.63) is 29.3 Å². The lowest BCUT2D eigenvalue weighted by Gasteiger charge is -2.46. The Labute approximate surface area is 163 Å². The molecule has 0 N–H and O–H groups in total. The number of piperidine rings is 1. The first-order chi connectivity index (χ1) is 13.0. The molecule has 4 nitrogen and oxygen atoms in total. The third kappa shape index (κ3) is 3.27. The number of fused-ring (bicyclic) bond motifs is 1. The summed E-state index contributed by atoms with van der Waals surface area (Å²) in [6, 6.07) is 6.62. The molecule has 0 radical (unpaired) electrons. The van der Waals surface area contributed by atoms with Crippen LogP contribution in [0.3, 0.4) is 0 Å². The largest absolute Gasteiger partial charge is 0.315 e.